The maximum atomic E-state index is 13.7. The molecule has 1 atom stereocenters. The molecule has 4 heteroatoms. The maximum Gasteiger partial charge on any atom is 0.137 e. The molecule has 0 aromatic heterocycles. The van der Waals surface area contributed by atoms with Crippen molar-refractivity contribution in [2.24, 2.45) is 11.1 Å². The Morgan fingerprint density at radius 3 is 2.53 bits per heavy atom. The highest BCUT2D eigenvalue weighted by molar-refractivity contribution is 9.10. The lowest BCUT2D eigenvalue weighted by molar-refractivity contribution is 0.0963. The Morgan fingerprint density at radius 1 is 1.37 bits per heavy atom. The Labute approximate surface area is 123 Å². The Morgan fingerprint density at radius 2 is 2.00 bits per heavy atom. The summed E-state index contributed by atoms with van der Waals surface area (Å²) >= 11 is 3.19. The van der Waals surface area contributed by atoms with E-state index in [1.54, 1.807) is 12.1 Å². The molecule has 1 unspecified atom stereocenters. The van der Waals surface area contributed by atoms with Crippen molar-refractivity contribution in [3.05, 3.63) is 34.1 Å². The van der Waals surface area contributed by atoms with Gasteiger partial charge < -0.3 is 5.73 Å². The summed E-state index contributed by atoms with van der Waals surface area (Å²) < 4.78 is 14.2. The molecule has 0 radical (unpaired) electrons. The van der Waals surface area contributed by atoms with E-state index in [0.717, 1.165) is 18.7 Å². The van der Waals surface area contributed by atoms with Crippen LogP contribution in [0, 0.1) is 11.2 Å². The Kier molecular flexibility index (Phi) is 4.64. The van der Waals surface area contributed by atoms with Gasteiger partial charge in [-0.25, -0.2) is 4.39 Å². The van der Waals surface area contributed by atoms with E-state index in [1.807, 2.05) is 6.07 Å². The lowest BCUT2D eigenvalue weighted by Gasteiger charge is -2.41. The molecule has 1 aromatic carbocycles. The van der Waals surface area contributed by atoms with Crippen molar-refractivity contribution in [3.63, 3.8) is 0 Å². The molecule has 1 aliphatic heterocycles. The first-order valence-corrected chi connectivity index (χ1v) is 7.61. The number of halogens is 2. The van der Waals surface area contributed by atoms with Crippen LogP contribution in [0.2, 0.25) is 0 Å². The second-order valence-corrected chi connectivity index (χ2v) is 6.98. The highest BCUT2D eigenvalue weighted by Gasteiger charge is 2.29. The number of hydrogen-bond acceptors (Lipinski definition) is 2. The molecule has 1 aliphatic rings. The SMILES string of the molecule is CC1(C)CCN(C(CN)c2ccc(Br)c(F)c2)CC1. The fourth-order valence-corrected chi connectivity index (χ4v) is 2.90. The van der Waals surface area contributed by atoms with Gasteiger partial charge in [0.15, 0.2) is 0 Å². The maximum absolute atomic E-state index is 13.7. The van der Waals surface area contributed by atoms with Crippen LogP contribution in [0.15, 0.2) is 22.7 Å². The average molecular weight is 329 g/mol. The van der Waals surface area contributed by atoms with Gasteiger partial charge in [-0.3, -0.25) is 4.90 Å². The Balaban J connectivity index is 2.14. The molecule has 2 nitrogen and oxygen atoms in total. The third kappa shape index (κ3) is 3.56. The number of piperidine rings is 1. The van der Waals surface area contributed by atoms with Gasteiger partial charge in [-0.2, -0.15) is 0 Å². The monoisotopic (exact) mass is 328 g/mol. The molecule has 1 fully saturated rings. The van der Waals surface area contributed by atoms with Gasteiger partial charge in [0.25, 0.3) is 0 Å². The molecule has 0 spiro atoms. The van der Waals surface area contributed by atoms with E-state index in [1.165, 1.54) is 12.8 Å². The Bertz CT molecular complexity index is 438. The highest BCUT2D eigenvalue weighted by atomic mass is 79.9. The van der Waals surface area contributed by atoms with E-state index in [2.05, 4.69) is 34.7 Å². The zero-order valence-electron chi connectivity index (χ0n) is 11.6. The van der Waals surface area contributed by atoms with E-state index < -0.39 is 0 Å². The van der Waals surface area contributed by atoms with Crippen LogP contribution in [0.1, 0.15) is 38.3 Å². The number of nitrogens with zero attached hydrogens (tertiary/aromatic N) is 1. The molecule has 19 heavy (non-hydrogen) atoms. The van der Waals surface area contributed by atoms with E-state index in [9.17, 15) is 4.39 Å². The van der Waals surface area contributed by atoms with E-state index in [-0.39, 0.29) is 11.9 Å². The number of likely N-dealkylation sites (tertiary alicyclic amines) is 1. The van der Waals surface area contributed by atoms with Gasteiger partial charge in [-0.15, -0.1) is 0 Å². The topological polar surface area (TPSA) is 29.3 Å². The summed E-state index contributed by atoms with van der Waals surface area (Å²) in [6.07, 6.45) is 2.34. The zero-order valence-corrected chi connectivity index (χ0v) is 13.2. The van der Waals surface area contributed by atoms with Crippen molar-refractivity contribution in [2.75, 3.05) is 19.6 Å². The van der Waals surface area contributed by atoms with Crippen molar-refractivity contribution in [1.82, 2.24) is 4.90 Å². The largest absolute Gasteiger partial charge is 0.329 e. The van der Waals surface area contributed by atoms with Gasteiger partial charge in [0.2, 0.25) is 0 Å². The molecule has 0 saturated carbocycles. The smallest absolute Gasteiger partial charge is 0.137 e. The van der Waals surface area contributed by atoms with Gasteiger partial charge in [0, 0.05) is 12.6 Å². The predicted molar refractivity (Wildman–Crippen MR) is 80.5 cm³/mol. The Hall–Kier alpha value is -0.450. The van der Waals surface area contributed by atoms with Crippen molar-refractivity contribution in [1.29, 1.82) is 0 Å². The predicted octanol–water partition coefficient (Wildman–Crippen LogP) is 3.71. The molecule has 1 aromatic rings. The second kappa shape index (κ2) is 5.90. The van der Waals surface area contributed by atoms with Crippen LogP contribution in [0.4, 0.5) is 4.39 Å². The molecule has 0 bridgehead atoms. The van der Waals surface area contributed by atoms with Crippen molar-refractivity contribution in [3.8, 4) is 0 Å². The molecule has 0 amide bonds. The van der Waals surface area contributed by atoms with Crippen LogP contribution in [0.3, 0.4) is 0 Å². The van der Waals surface area contributed by atoms with E-state index >= 15 is 0 Å². The van der Waals surface area contributed by atoms with Gasteiger partial charge in [-0.1, -0.05) is 19.9 Å². The van der Waals surface area contributed by atoms with Crippen LogP contribution in [0.25, 0.3) is 0 Å². The van der Waals surface area contributed by atoms with Gasteiger partial charge in [0.05, 0.1) is 4.47 Å². The fourth-order valence-electron chi connectivity index (χ4n) is 2.66. The summed E-state index contributed by atoms with van der Waals surface area (Å²) in [4.78, 5) is 2.38. The minimum atomic E-state index is -0.215. The standard InChI is InChI=1S/C15H22BrFN2/c1-15(2)5-7-19(8-6-15)14(10-18)11-3-4-12(16)13(17)9-11/h3-4,9,14H,5-8,10,18H2,1-2H3. The zero-order chi connectivity index (χ0) is 14.0. The number of rotatable bonds is 3. The molecular formula is C15H22BrFN2. The number of nitrogens with two attached hydrogens (primary N) is 1. The van der Waals surface area contributed by atoms with E-state index in [0.29, 0.717) is 16.4 Å². The van der Waals surface area contributed by atoms with Crippen molar-refractivity contribution >= 4 is 15.9 Å². The average Bonchev–Trinajstić information content (AvgIpc) is 2.36. The molecule has 0 aliphatic carbocycles. The first kappa shape index (κ1) is 14.9. The van der Waals surface area contributed by atoms with Gasteiger partial charge >= 0.3 is 0 Å². The van der Waals surface area contributed by atoms with Crippen molar-refractivity contribution in [2.45, 2.75) is 32.7 Å². The quantitative estimate of drug-likeness (QED) is 0.916. The first-order chi connectivity index (χ1) is 8.93. The van der Waals surface area contributed by atoms with Crippen LogP contribution in [-0.4, -0.2) is 24.5 Å². The summed E-state index contributed by atoms with van der Waals surface area (Å²) in [5.74, 6) is -0.215. The van der Waals surface area contributed by atoms with Crippen LogP contribution < -0.4 is 5.73 Å². The van der Waals surface area contributed by atoms with E-state index in [4.69, 9.17) is 5.73 Å². The third-order valence-electron chi connectivity index (χ3n) is 4.14. The summed E-state index contributed by atoms with van der Waals surface area (Å²) in [5.41, 5.74) is 7.31. The van der Waals surface area contributed by atoms with Gasteiger partial charge in [-0.05, 0) is 65.0 Å². The lowest BCUT2D eigenvalue weighted by atomic mass is 9.82. The lowest BCUT2D eigenvalue weighted by Crippen LogP contribution is -2.42. The molecule has 1 heterocycles. The summed E-state index contributed by atoms with van der Waals surface area (Å²) in [5, 5.41) is 0. The minimum Gasteiger partial charge on any atom is -0.329 e. The summed E-state index contributed by atoms with van der Waals surface area (Å²) in [7, 11) is 0. The molecular weight excluding hydrogens is 307 g/mol. The molecule has 2 N–H and O–H groups in total. The number of benzene rings is 1. The minimum absolute atomic E-state index is 0.124. The van der Waals surface area contributed by atoms with Crippen LogP contribution in [-0.2, 0) is 0 Å². The normalized spacial score (nSPS) is 21.3. The molecule has 106 valence electrons. The third-order valence-corrected chi connectivity index (χ3v) is 4.79. The molecule has 2 rings (SSSR count). The molecule has 1 saturated heterocycles. The van der Waals surface area contributed by atoms with Crippen LogP contribution in [0.5, 0.6) is 0 Å². The van der Waals surface area contributed by atoms with Crippen LogP contribution >= 0.6 is 15.9 Å². The summed E-state index contributed by atoms with van der Waals surface area (Å²) in [6, 6.07) is 5.45. The van der Waals surface area contributed by atoms with Gasteiger partial charge in [0.1, 0.15) is 5.82 Å². The number of hydrogen-bond donors (Lipinski definition) is 1. The summed E-state index contributed by atoms with van der Waals surface area (Å²) in [6.45, 7) is 7.21. The second-order valence-electron chi connectivity index (χ2n) is 6.13. The highest BCUT2D eigenvalue weighted by Crippen LogP contribution is 2.34. The first-order valence-electron chi connectivity index (χ1n) is 6.82. The fraction of sp³-hybridized carbons (Fsp3) is 0.600. The van der Waals surface area contributed by atoms with Crippen molar-refractivity contribution < 1.29 is 4.39 Å².